The maximum absolute atomic E-state index is 13.4. The van der Waals surface area contributed by atoms with Crippen LogP contribution in [0.4, 0.5) is 5.13 Å². The van der Waals surface area contributed by atoms with Crippen LogP contribution in [0.25, 0.3) is 11.0 Å². The van der Waals surface area contributed by atoms with Crippen LogP contribution in [0.2, 0.25) is 5.02 Å². The van der Waals surface area contributed by atoms with Crippen molar-refractivity contribution in [1.29, 1.82) is 0 Å². The summed E-state index contributed by atoms with van der Waals surface area (Å²) in [6.45, 7) is 1.86. The summed E-state index contributed by atoms with van der Waals surface area (Å²) in [5.41, 5.74) is 1.95. The van der Waals surface area contributed by atoms with Gasteiger partial charge in [0.2, 0.25) is 5.76 Å². The number of carbonyl (C=O) groups is 1. The number of aromatic nitrogens is 1. The molecule has 1 aliphatic heterocycles. The Kier molecular flexibility index (Phi) is 4.34. The van der Waals surface area contributed by atoms with Gasteiger partial charge in [-0.25, -0.2) is 4.98 Å². The molecule has 5 nitrogen and oxygen atoms in total. The SMILES string of the molecule is Cc1csc(N2C(=O)c3oc4ccc(Cl)cc4c(=O)c3C2c2cccc(Br)c2)n1. The van der Waals surface area contributed by atoms with Gasteiger partial charge in [0.1, 0.15) is 5.58 Å². The van der Waals surface area contributed by atoms with E-state index in [1.54, 1.807) is 18.2 Å². The zero-order valence-electron chi connectivity index (χ0n) is 15.0. The largest absolute Gasteiger partial charge is 0.450 e. The molecule has 1 unspecified atom stereocenters. The topological polar surface area (TPSA) is 63.4 Å². The Labute approximate surface area is 182 Å². The number of aryl methyl sites for hydroxylation is 1. The first-order valence-corrected chi connectivity index (χ1v) is 10.8. The van der Waals surface area contributed by atoms with Gasteiger partial charge in [0.05, 0.1) is 22.7 Å². The Morgan fingerprint density at radius 3 is 2.76 bits per heavy atom. The molecule has 4 aromatic rings. The first kappa shape index (κ1) is 18.5. The standard InChI is InChI=1S/C21H12BrClN2O3S/c1-10-9-29-21(24-10)25-17(11-3-2-4-12(22)7-11)16-18(26)14-8-13(23)5-6-15(14)28-19(16)20(25)27/h2-9,17H,1H3. The van der Waals surface area contributed by atoms with E-state index in [1.165, 1.54) is 16.2 Å². The molecular formula is C21H12BrClN2O3S. The van der Waals surface area contributed by atoms with Gasteiger partial charge in [-0.2, -0.15) is 0 Å². The van der Waals surface area contributed by atoms with Crippen LogP contribution in [0.1, 0.15) is 33.4 Å². The summed E-state index contributed by atoms with van der Waals surface area (Å²) in [7, 11) is 0. The zero-order valence-corrected chi connectivity index (χ0v) is 18.1. The molecule has 3 heterocycles. The molecule has 29 heavy (non-hydrogen) atoms. The van der Waals surface area contributed by atoms with Gasteiger partial charge in [0.25, 0.3) is 5.91 Å². The van der Waals surface area contributed by atoms with Gasteiger partial charge in [-0.3, -0.25) is 14.5 Å². The van der Waals surface area contributed by atoms with Crippen LogP contribution in [0.3, 0.4) is 0 Å². The molecule has 5 rings (SSSR count). The molecule has 1 atom stereocenters. The second-order valence-corrected chi connectivity index (χ2v) is 8.91. The van der Waals surface area contributed by atoms with E-state index >= 15 is 0 Å². The molecule has 0 aliphatic carbocycles. The molecule has 0 N–H and O–H groups in total. The van der Waals surface area contributed by atoms with Crippen molar-refractivity contribution in [2.24, 2.45) is 0 Å². The minimum Gasteiger partial charge on any atom is -0.450 e. The fourth-order valence-corrected chi connectivity index (χ4v) is 5.00. The van der Waals surface area contributed by atoms with E-state index in [9.17, 15) is 9.59 Å². The molecule has 2 aromatic heterocycles. The van der Waals surface area contributed by atoms with Gasteiger partial charge in [-0.15, -0.1) is 11.3 Å². The van der Waals surface area contributed by atoms with E-state index in [1.807, 2.05) is 36.6 Å². The predicted molar refractivity (Wildman–Crippen MR) is 117 cm³/mol. The second kappa shape index (κ2) is 6.79. The smallest absolute Gasteiger partial charge is 0.297 e. The third-order valence-electron chi connectivity index (χ3n) is 4.81. The number of amides is 1. The van der Waals surface area contributed by atoms with Gasteiger partial charge in [-0.05, 0) is 42.8 Å². The fourth-order valence-electron chi connectivity index (χ4n) is 3.59. The molecular weight excluding hydrogens is 476 g/mol. The van der Waals surface area contributed by atoms with Crippen molar-refractivity contribution in [3.05, 3.63) is 90.1 Å². The number of hydrogen-bond acceptors (Lipinski definition) is 5. The quantitative estimate of drug-likeness (QED) is 0.362. The summed E-state index contributed by atoms with van der Waals surface area (Å²) in [6, 6.07) is 11.7. The molecule has 8 heteroatoms. The molecule has 0 radical (unpaired) electrons. The van der Waals surface area contributed by atoms with Crippen molar-refractivity contribution in [2.45, 2.75) is 13.0 Å². The molecule has 0 saturated heterocycles. The lowest BCUT2D eigenvalue weighted by Crippen LogP contribution is -2.29. The summed E-state index contributed by atoms with van der Waals surface area (Å²) in [4.78, 5) is 32.8. The highest BCUT2D eigenvalue weighted by atomic mass is 79.9. The highest BCUT2D eigenvalue weighted by Gasteiger charge is 2.44. The van der Waals surface area contributed by atoms with Gasteiger partial charge >= 0.3 is 0 Å². The second-order valence-electron chi connectivity index (χ2n) is 6.72. The lowest BCUT2D eigenvalue weighted by Gasteiger charge is -2.22. The van der Waals surface area contributed by atoms with Crippen LogP contribution in [0.15, 0.2) is 61.5 Å². The van der Waals surface area contributed by atoms with E-state index in [0.29, 0.717) is 26.7 Å². The third kappa shape index (κ3) is 2.92. The average molecular weight is 488 g/mol. The molecule has 0 fully saturated rings. The molecule has 144 valence electrons. The van der Waals surface area contributed by atoms with Crippen molar-refractivity contribution in [3.8, 4) is 0 Å². The number of carbonyl (C=O) groups excluding carboxylic acids is 1. The van der Waals surface area contributed by atoms with Crippen LogP contribution in [0.5, 0.6) is 0 Å². The number of anilines is 1. The van der Waals surface area contributed by atoms with Crippen molar-refractivity contribution >= 4 is 60.9 Å². The number of thiazole rings is 1. The Morgan fingerprint density at radius 2 is 2.03 bits per heavy atom. The van der Waals surface area contributed by atoms with E-state index in [-0.39, 0.29) is 17.1 Å². The number of rotatable bonds is 2. The summed E-state index contributed by atoms with van der Waals surface area (Å²) < 4.78 is 6.75. The van der Waals surface area contributed by atoms with E-state index in [2.05, 4.69) is 20.9 Å². The highest BCUT2D eigenvalue weighted by molar-refractivity contribution is 9.10. The Bertz CT molecular complexity index is 1360. The van der Waals surface area contributed by atoms with Crippen molar-refractivity contribution in [3.63, 3.8) is 0 Å². The van der Waals surface area contributed by atoms with Crippen molar-refractivity contribution in [1.82, 2.24) is 4.98 Å². The number of fused-ring (bicyclic) bond motifs is 2. The van der Waals surface area contributed by atoms with E-state index in [4.69, 9.17) is 16.0 Å². The average Bonchev–Trinajstić information content (AvgIpc) is 3.24. The van der Waals surface area contributed by atoms with Crippen LogP contribution in [-0.2, 0) is 0 Å². The van der Waals surface area contributed by atoms with Crippen molar-refractivity contribution in [2.75, 3.05) is 4.90 Å². The zero-order chi connectivity index (χ0) is 20.3. The lowest BCUT2D eigenvalue weighted by molar-refractivity contribution is 0.0971. The first-order chi connectivity index (χ1) is 13.9. The Hall–Kier alpha value is -2.48. The van der Waals surface area contributed by atoms with Crippen LogP contribution < -0.4 is 10.3 Å². The summed E-state index contributed by atoms with van der Waals surface area (Å²) in [6.07, 6.45) is 0. The highest BCUT2D eigenvalue weighted by Crippen LogP contribution is 2.42. The van der Waals surface area contributed by atoms with E-state index in [0.717, 1.165) is 15.7 Å². The number of hydrogen-bond donors (Lipinski definition) is 0. The Morgan fingerprint density at radius 1 is 1.21 bits per heavy atom. The summed E-state index contributed by atoms with van der Waals surface area (Å²) in [5.74, 6) is -0.337. The van der Waals surface area contributed by atoms with Gasteiger partial charge in [-0.1, -0.05) is 39.7 Å². The minimum atomic E-state index is -0.639. The van der Waals surface area contributed by atoms with Gasteiger partial charge < -0.3 is 4.42 Å². The molecule has 1 amide bonds. The molecule has 0 bridgehead atoms. The lowest BCUT2D eigenvalue weighted by atomic mass is 9.99. The van der Waals surface area contributed by atoms with Gasteiger partial charge in [0.15, 0.2) is 10.6 Å². The molecule has 2 aromatic carbocycles. The van der Waals surface area contributed by atoms with Crippen LogP contribution in [0, 0.1) is 6.92 Å². The minimum absolute atomic E-state index is 0.0441. The summed E-state index contributed by atoms with van der Waals surface area (Å²) in [5, 5.41) is 3.17. The number of benzene rings is 2. The van der Waals surface area contributed by atoms with Crippen molar-refractivity contribution < 1.29 is 9.21 Å². The molecule has 1 aliphatic rings. The van der Waals surface area contributed by atoms with E-state index < -0.39 is 6.04 Å². The maximum Gasteiger partial charge on any atom is 0.297 e. The molecule has 0 spiro atoms. The van der Waals surface area contributed by atoms with Crippen LogP contribution >= 0.6 is 38.9 Å². The molecule has 0 saturated carbocycles. The fraction of sp³-hybridized carbons (Fsp3) is 0.0952. The number of halogens is 2. The maximum atomic E-state index is 13.4. The van der Waals surface area contributed by atoms with Gasteiger partial charge in [0, 0.05) is 14.9 Å². The predicted octanol–water partition coefficient (Wildman–Crippen LogP) is 5.72. The third-order valence-corrected chi connectivity index (χ3v) is 6.50. The summed E-state index contributed by atoms with van der Waals surface area (Å²) >= 11 is 10.9. The number of nitrogens with zero attached hydrogens (tertiary/aromatic N) is 2. The van der Waals surface area contributed by atoms with Crippen LogP contribution in [-0.4, -0.2) is 10.9 Å². The monoisotopic (exact) mass is 486 g/mol. The normalized spacial score (nSPS) is 15.9. The Balaban J connectivity index is 1.84. The first-order valence-electron chi connectivity index (χ1n) is 8.71.